The summed E-state index contributed by atoms with van der Waals surface area (Å²) >= 11 is 0. The van der Waals surface area contributed by atoms with Crippen molar-refractivity contribution >= 4 is 5.78 Å². The van der Waals surface area contributed by atoms with Gasteiger partial charge < -0.3 is 4.74 Å². The van der Waals surface area contributed by atoms with Crippen LogP contribution in [0.25, 0.3) is 0 Å². The van der Waals surface area contributed by atoms with Crippen LogP contribution in [0.1, 0.15) is 27.7 Å². The zero-order chi connectivity index (χ0) is 11.4. The Hall–Kier alpha value is -0.410. The molecule has 0 saturated heterocycles. The molecule has 0 aliphatic rings. The largest absolute Gasteiger partial charge is 0.358 e. The van der Waals surface area contributed by atoms with Gasteiger partial charge in [-0.1, -0.05) is 27.7 Å². The van der Waals surface area contributed by atoms with E-state index in [1.54, 1.807) is 0 Å². The van der Waals surface area contributed by atoms with E-state index in [0.717, 1.165) is 0 Å². The summed E-state index contributed by atoms with van der Waals surface area (Å²) in [5.74, 6) is 0.226. The molecule has 0 aromatic rings. The summed E-state index contributed by atoms with van der Waals surface area (Å²) in [5.41, 5.74) is 0.0263. The first-order valence-corrected chi connectivity index (χ1v) is 5.00. The fraction of sp³-hybridized carbons (Fsp3) is 0.909. The van der Waals surface area contributed by atoms with Crippen LogP contribution in [0.15, 0.2) is 0 Å². The van der Waals surface area contributed by atoms with Gasteiger partial charge in [-0.05, 0) is 19.5 Å². The van der Waals surface area contributed by atoms with Gasteiger partial charge in [0.05, 0.1) is 6.73 Å². The van der Waals surface area contributed by atoms with Crippen LogP contribution in [0.2, 0.25) is 0 Å². The molecule has 0 amide bonds. The molecule has 0 bridgehead atoms. The summed E-state index contributed by atoms with van der Waals surface area (Å²) in [7, 11) is 3.83. The first-order valence-electron chi connectivity index (χ1n) is 5.00. The molecule has 3 nitrogen and oxygen atoms in total. The van der Waals surface area contributed by atoms with Crippen molar-refractivity contribution in [2.24, 2.45) is 11.3 Å². The summed E-state index contributed by atoms with van der Waals surface area (Å²) < 4.78 is 5.25. The normalized spacial score (nSPS) is 14.5. The summed E-state index contributed by atoms with van der Waals surface area (Å²) in [5, 5.41) is 0. The fourth-order valence-corrected chi connectivity index (χ4v) is 0.937. The Morgan fingerprint density at radius 3 is 2.21 bits per heavy atom. The minimum atomic E-state index is 0.0263. The second-order valence-electron chi connectivity index (χ2n) is 5.11. The molecule has 1 unspecified atom stereocenters. The predicted molar refractivity (Wildman–Crippen MR) is 58.1 cm³/mol. The zero-order valence-electron chi connectivity index (χ0n) is 10.3. The number of rotatable bonds is 5. The van der Waals surface area contributed by atoms with Gasteiger partial charge in [0, 0.05) is 5.92 Å². The van der Waals surface area contributed by atoms with Gasteiger partial charge >= 0.3 is 0 Å². The van der Waals surface area contributed by atoms with Gasteiger partial charge in [-0.3, -0.25) is 9.69 Å². The van der Waals surface area contributed by atoms with Gasteiger partial charge in [0.2, 0.25) is 0 Å². The quantitative estimate of drug-likeness (QED) is 0.635. The highest BCUT2D eigenvalue weighted by Crippen LogP contribution is 2.25. The number of Topliss-reactive ketones (excluding diaryl/α,β-unsaturated/α-hetero) is 1. The Kier molecular flexibility index (Phi) is 5.31. The molecule has 3 heteroatoms. The predicted octanol–water partition coefficient (Wildman–Crippen LogP) is 1.77. The molecule has 0 heterocycles. The second kappa shape index (κ2) is 5.47. The molecule has 14 heavy (non-hydrogen) atoms. The van der Waals surface area contributed by atoms with Gasteiger partial charge in [0.15, 0.2) is 5.78 Å². The van der Waals surface area contributed by atoms with Crippen molar-refractivity contribution in [3.63, 3.8) is 0 Å². The van der Waals surface area contributed by atoms with Crippen molar-refractivity contribution in [3.05, 3.63) is 0 Å². The summed E-state index contributed by atoms with van der Waals surface area (Å²) in [6, 6.07) is 0. The monoisotopic (exact) mass is 201 g/mol. The molecule has 0 radical (unpaired) electrons. The van der Waals surface area contributed by atoms with Gasteiger partial charge in [0.1, 0.15) is 6.61 Å². The fourth-order valence-electron chi connectivity index (χ4n) is 0.937. The molecule has 0 spiro atoms. The highest BCUT2D eigenvalue weighted by Gasteiger charge is 2.26. The van der Waals surface area contributed by atoms with Crippen LogP contribution in [0.5, 0.6) is 0 Å². The SMILES string of the molecule is CC(C(=O)COCN(C)C)C(C)(C)C. The highest BCUT2D eigenvalue weighted by molar-refractivity contribution is 5.82. The molecule has 0 aliphatic heterocycles. The standard InChI is InChI=1S/C11H23NO2/c1-9(11(2,3)4)10(13)7-14-8-12(5)6/h9H,7-8H2,1-6H3. The van der Waals surface area contributed by atoms with Gasteiger partial charge in [0.25, 0.3) is 0 Å². The molecule has 0 aromatic carbocycles. The average Bonchev–Trinajstić information content (AvgIpc) is 2.00. The number of hydrogen-bond donors (Lipinski definition) is 0. The van der Waals surface area contributed by atoms with E-state index in [1.807, 2.05) is 25.9 Å². The molecule has 0 fully saturated rings. The third-order valence-corrected chi connectivity index (χ3v) is 2.38. The van der Waals surface area contributed by atoms with Crippen LogP contribution >= 0.6 is 0 Å². The van der Waals surface area contributed by atoms with Crippen LogP contribution in [-0.2, 0) is 9.53 Å². The van der Waals surface area contributed by atoms with Crippen molar-refractivity contribution in [1.82, 2.24) is 4.90 Å². The van der Waals surface area contributed by atoms with Crippen molar-refractivity contribution in [2.75, 3.05) is 27.4 Å². The maximum Gasteiger partial charge on any atom is 0.161 e. The Morgan fingerprint density at radius 1 is 1.36 bits per heavy atom. The van der Waals surface area contributed by atoms with Crippen molar-refractivity contribution in [2.45, 2.75) is 27.7 Å². The topological polar surface area (TPSA) is 29.5 Å². The molecule has 0 N–H and O–H groups in total. The van der Waals surface area contributed by atoms with Crippen LogP contribution in [0, 0.1) is 11.3 Å². The van der Waals surface area contributed by atoms with E-state index < -0.39 is 0 Å². The molecular weight excluding hydrogens is 178 g/mol. The van der Waals surface area contributed by atoms with E-state index in [4.69, 9.17) is 4.74 Å². The first-order chi connectivity index (χ1) is 6.25. The van der Waals surface area contributed by atoms with Gasteiger partial charge in [-0.25, -0.2) is 0 Å². The van der Waals surface area contributed by atoms with Crippen LogP contribution in [0.4, 0.5) is 0 Å². The van der Waals surface area contributed by atoms with E-state index >= 15 is 0 Å². The first kappa shape index (κ1) is 13.6. The van der Waals surface area contributed by atoms with Crippen molar-refractivity contribution in [3.8, 4) is 0 Å². The van der Waals surface area contributed by atoms with Crippen LogP contribution in [-0.4, -0.2) is 38.1 Å². The van der Waals surface area contributed by atoms with Crippen LogP contribution in [0.3, 0.4) is 0 Å². The second-order valence-corrected chi connectivity index (χ2v) is 5.11. The molecule has 0 rings (SSSR count). The maximum absolute atomic E-state index is 11.6. The summed E-state index contributed by atoms with van der Waals surface area (Å²) in [4.78, 5) is 13.5. The lowest BCUT2D eigenvalue weighted by Crippen LogP contribution is -2.30. The lowest BCUT2D eigenvalue weighted by Gasteiger charge is -2.25. The number of ketones is 1. The van der Waals surface area contributed by atoms with Crippen LogP contribution < -0.4 is 0 Å². The minimum absolute atomic E-state index is 0.0263. The maximum atomic E-state index is 11.6. The lowest BCUT2D eigenvalue weighted by molar-refractivity contribution is -0.131. The number of carbonyl (C=O) groups excluding carboxylic acids is 1. The van der Waals surface area contributed by atoms with Crippen molar-refractivity contribution < 1.29 is 9.53 Å². The third-order valence-electron chi connectivity index (χ3n) is 2.38. The summed E-state index contributed by atoms with van der Waals surface area (Å²) in [6.07, 6.45) is 0. The molecular formula is C11H23NO2. The number of carbonyl (C=O) groups is 1. The number of hydrogen-bond acceptors (Lipinski definition) is 3. The van der Waals surface area contributed by atoms with Gasteiger partial charge in [-0.2, -0.15) is 0 Å². The Labute approximate surface area is 87.4 Å². The average molecular weight is 201 g/mol. The summed E-state index contributed by atoms with van der Waals surface area (Å²) in [6.45, 7) is 8.89. The Balaban J connectivity index is 3.86. The zero-order valence-corrected chi connectivity index (χ0v) is 10.3. The number of ether oxygens (including phenoxy) is 1. The molecule has 0 aromatic heterocycles. The van der Waals surface area contributed by atoms with Gasteiger partial charge in [-0.15, -0.1) is 0 Å². The van der Waals surface area contributed by atoms with E-state index in [9.17, 15) is 4.79 Å². The van der Waals surface area contributed by atoms with E-state index in [2.05, 4.69) is 20.8 Å². The third kappa shape index (κ3) is 5.35. The lowest BCUT2D eigenvalue weighted by atomic mass is 9.80. The van der Waals surface area contributed by atoms with E-state index in [0.29, 0.717) is 6.73 Å². The van der Waals surface area contributed by atoms with E-state index in [1.165, 1.54) is 0 Å². The highest BCUT2D eigenvalue weighted by atomic mass is 16.5. The smallest absolute Gasteiger partial charge is 0.161 e. The molecule has 0 saturated carbocycles. The molecule has 84 valence electrons. The number of nitrogens with zero attached hydrogens (tertiary/aromatic N) is 1. The van der Waals surface area contributed by atoms with Crippen molar-refractivity contribution in [1.29, 1.82) is 0 Å². The van der Waals surface area contributed by atoms with E-state index in [-0.39, 0.29) is 23.7 Å². The Bertz CT molecular complexity index is 182. The molecule has 0 aliphatic carbocycles. The minimum Gasteiger partial charge on any atom is -0.358 e. The molecule has 1 atom stereocenters. The Morgan fingerprint density at radius 2 is 1.86 bits per heavy atom.